The molecule has 0 spiro atoms. The summed E-state index contributed by atoms with van der Waals surface area (Å²) >= 11 is 3.50. The van der Waals surface area contributed by atoms with Crippen LogP contribution in [0.25, 0.3) is 0 Å². The van der Waals surface area contributed by atoms with Crippen LogP contribution in [0.1, 0.15) is 12.5 Å². The SMILES string of the molecule is CCOc1ccc(CNCCNCCO)cc1Br.Cl.Cl. The van der Waals surface area contributed by atoms with Gasteiger partial charge in [0.25, 0.3) is 0 Å². The Balaban J connectivity index is 0. The first kappa shape index (κ1) is 22.2. The van der Waals surface area contributed by atoms with E-state index in [0.717, 1.165) is 29.9 Å². The van der Waals surface area contributed by atoms with E-state index in [1.165, 1.54) is 5.56 Å². The molecule has 0 aliphatic carbocycles. The van der Waals surface area contributed by atoms with Crippen LogP contribution >= 0.6 is 40.7 Å². The fraction of sp³-hybridized carbons (Fsp3) is 0.538. The number of aliphatic hydroxyl groups excluding tert-OH is 1. The number of halogens is 3. The molecule has 0 unspecified atom stereocenters. The lowest BCUT2D eigenvalue weighted by molar-refractivity contribution is 0.292. The van der Waals surface area contributed by atoms with Gasteiger partial charge in [-0.3, -0.25) is 0 Å². The molecule has 0 saturated carbocycles. The van der Waals surface area contributed by atoms with Gasteiger partial charge in [0.1, 0.15) is 5.75 Å². The Morgan fingerprint density at radius 2 is 1.85 bits per heavy atom. The van der Waals surface area contributed by atoms with Crippen molar-refractivity contribution in [2.75, 3.05) is 32.8 Å². The van der Waals surface area contributed by atoms with Gasteiger partial charge in [0, 0.05) is 26.2 Å². The Hall–Kier alpha value is -0.0400. The van der Waals surface area contributed by atoms with Crippen LogP contribution in [0.2, 0.25) is 0 Å². The van der Waals surface area contributed by atoms with Crippen molar-refractivity contribution in [1.82, 2.24) is 10.6 Å². The van der Waals surface area contributed by atoms with E-state index in [1.54, 1.807) is 0 Å². The van der Waals surface area contributed by atoms with Gasteiger partial charge in [0.2, 0.25) is 0 Å². The van der Waals surface area contributed by atoms with Crippen molar-refractivity contribution >= 4 is 40.7 Å². The summed E-state index contributed by atoms with van der Waals surface area (Å²) in [4.78, 5) is 0. The molecule has 118 valence electrons. The molecular weight excluding hydrogens is 367 g/mol. The number of ether oxygens (including phenoxy) is 1. The van der Waals surface area contributed by atoms with E-state index >= 15 is 0 Å². The molecule has 0 aliphatic heterocycles. The Kier molecular flexibility index (Phi) is 15.5. The maximum Gasteiger partial charge on any atom is 0.133 e. The monoisotopic (exact) mass is 388 g/mol. The van der Waals surface area contributed by atoms with Crippen molar-refractivity contribution in [3.05, 3.63) is 28.2 Å². The molecule has 0 bridgehead atoms. The van der Waals surface area contributed by atoms with Gasteiger partial charge < -0.3 is 20.5 Å². The zero-order valence-corrected chi connectivity index (χ0v) is 14.7. The first-order chi connectivity index (χ1) is 8.77. The fourth-order valence-electron chi connectivity index (χ4n) is 1.54. The minimum absolute atomic E-state index is 0. The number of hydrogen-bond acceptors (Lipinski definition) is 4. The van der Waals surface area contributed by atoms with Crippen molar-refractivity contribution < 1.29 is 9.84 Å². The highest BCUT2D eigenvalue weighted by molar-refractivity contribution is 9.10. The van der Waals surface area contributed by atoms with Crippen LogP contribution in [0.4, 0.5) is 0 Å². The zero-order valence-electron chi connectivity index (χ0n) is 11.5. The summed E-state index contributed by atoms with van der Waals surface area (Å²) in [6.07, 6.45) is 0. The van der Waals surface area contributed by atoms with Crippen LogP contribution in [-0.2, 0) is 6.54 Å². The van der Waals surface area contributed by atoms with Gasteiger partial charge in [-0.2, -0.15) is 0 Å². The van der Waals surface area contributed by atoms with Crippen LogP contribution in [0.15, 0.2) is 22.7 Å². The van der Waals surface area contributed by atoms with E-state index in [2.05, 4.69) is 38.7 Å². The molecule has 0 heterocycles. The summed E-state index contributed by atoms with van der Waals surface area (Å²) < 4.78 is 6.45. The zero-order chi connectivity index (χ0) is 13.2. The van der Waals surface area contributed by atoms with Crippen molar-refractivity contribution in [2.24, 2.45) is 0 Å². The lowest BCUT2D eigenvalue weighted by atomic mass is 10.2. The molecule has 0 atom stereocenters. The minimum Gasteiger partial charge on any atom is -0.493 e. The van der Waals surface area contributed by atoms with Crippen molar-refractivity contribution in [2.45, 2.75) is 13.5 Å². The molecule has 0 fully saturated rings. The number of nitrogens with one attached hydrogen (secondary N) is 2. The van der Waals surface area contributed by atoms with Crippen molar-refractivity contribution in [3.63, 3.8) is 0 Å². The van der Waals surface area contributed by atoms with E-state index in [0.29, 0.717) is 13.2 Å². The number of benzene rings is 1. The normalized spacial score (nSPS) is 9.55. The van der Waals surface area contributed by atoms with Gasteiger partial charge in [-0.15, -0.1) is 24.8 Å². The molecule has 7 heteroatoms. The summed E-state index contributed by atoms with van der Waals surface area (Å²) in [7, 11) is 0. The second-order valence-electron chi connectivity index (χ2n) is 3.85. The molecule has 1 rings (SSSR count). The average Bonchev–Trinajstić information content (AvgIpc) is 2.37. The number of rotatable bonds is 9. The molecule has 20 heavy (non-hydrogen) atoms. The first-order valence-corrected chi connectivity index (χ1v) is 7.00. The summed E-state index contributed by atoms with van der Waals surface area (Å²) in [6, 6.07) is 6.11. The molecule has 1 aromatic rings. The standard InChI is InChI=1S/C13H21BrN2O2.2ClH/c1-2-18-13-4-3-11(9-12(13)14)10-16-6-5-15-7-8-17;;/h3-4,9,15-17H,2,5-8,10H2,1H3;2*1H. The maximum absolute atomic E-state index is 8.60. The Bertz CT molecular complexity index is 357. The first-order valence-electron chi connectivity index (χ1n) is 6.21. The lowest BCUT2D eigenvalue weighted by Gasteiger charge is -2.09. The van der Waals surface area contributed by atoms with E-state index in [1.807, 2.05) is 13.0 Å². The van der Waals surface area contributed by atoms with Crippen LogP contribution < -0.4 is 15.4 Å². The number of aliphatic hydroxyl groups is 1. The molecule has 3 N–H and O–H groups in total. The van der Waals surface area contributed by atoms with E-state index in [4.69, 9.17) is 9.84 Å². The second kappa shape index (κ2) is 13.9. The highest BCUT2D eigenvalue weighted by atomic mass is 79.9. The summed E-state index contributed by atoms with van der Waals surface area (Å²) in [5.74, 6) is 0.880. The van der Waals surface area contributed by atoms with Gasteiger partial charge in [0.15, 0.2) is 0 Å². The average molecular weight is 390 g/mol. The predicted octanol–water partition coefficient (Wildman–Crippen LogP) is 2.36. The van der Waals surface area contributed by atoms with E-state index in [9.17, 15) is 0 Å². The molecule has 0 radical (unpaired) electrons. The van der Waals surface area contributed by atoms with Gasteiger partial charge in [-0.05, 0) is 40.5 Å². The van der Waals surface area contributed by atoms with Crippen LogP contribution in [0.3, 0.4) is 0 Å². The number of hydrogen-bond donors (Lipinski definition) is 3. The van der Waals surface area contributed by atoms with Gasteiger partial charge in [-0.1, -0.05) is 6.07 Å². The van der Waals surface area contributed by atoms with Crippen molar-refractivity contribution in [3.8, 4) is 5.75 Å². The third kappa shape index (κ3) is 9.00. The van der Waals surface area contributed by atoms with E-state index < -0.39 is 0 Å². The third-order valence-electron chi connectivity index (χ3n) is 2.39. The molecule has 1 aromatic carbocycles. The van der Waals surface area contributed by atoms with Crippen molar-refractivity contribution in [1.29, 1.82) is 0 Å². The second-order valence-corrected chi connectivity index (χ2v) is 4.70. The van der Waals surface area contributed by atoms with Crippen LogP contribution in [-0.4, -0.2) is 38.0 Å². The maximum atomic E-state index is 8.60. The largest absolute Gasteiger partial charge is 0.493 e. The predicted molar refractivity (Wildman–Crippen MR) is 91.5 cm³/mol. The smallest absolute Gasteiger partial charge is 0.133 e. The molecule has 4 nitrogen and oxygen atoms in total. The molecular formula is C13H23BrCl2N2O2. The Morgan fingerprint density at radius 3 is 2.45 bits per heavy atom. The summed E-state index contributed by atoms with van der Waals surface area (Å²) in [6.45, 7) is 6.05. The van der Waals surface area contributed by atoms with Crippen LogP contribution in [0.5, 0.6) is 5.75 Å². The summed E-state index contributed by atoms with van der Waals surface area (Å²) in [5, 5.41) is 15.1. The van der Waals surface area contributed by atoms with E-state index in [-0.39, 0.29) is 31.4 Å². The Labute approximate surface area is 141 Å². The lowest BCUT2D eigenvalue weighted by Crippen LogP contribution is -2.28. The Morgan fingerprint density at radius 1 is 1.15 bits per heavy atom. The molecule has 0 aliphatic rings. The molecule has 0 amide bonds. The summed E-state index contributed by atoms with van der Waals surface area (Å²) in [5.41, 5.74) is 1.22. The highest BCUT2D eigenvalue weighted by Crippen LogP contribution is 2.25. The van der Waals surface area contributed by atoms with Gasteiger partial charge in [0.05, 0.1) is 17.7 Å². The minimum atomic E-state index is 0. The quantitative estimate of drug-likeness (QED) is 0.567. The molecule has 0 saturated heterocycles. The molecule has 0 aromatic heterocycles. The topological polar surface area (TPSA) is 53.5 Å². The van der Waals surface area contributed by atoms with Gasteiger partial charge in [-0.25, -0.2) is 0 Å². The third-order valence-corrected chi connectivity index (χ3v) is 3.01. The van der Waals surface area contributed by atoms with Crippen LogP contribution in [0, 0.1) is 0 Å². The highest BCUT2D eigenvalue weighted by Gasteiger charge is 2.01. The van der Waals surface area contributed by atoms with Gasteiger partial charge >= 0.3 is 0 Å². The fourth-order valence-corrected chi connectivity index (χ4v) is 2.08.